The van der Waals surface area contributed by atoms with Crippen molar-refractivity contribution < 1.29 is 9.53 Å². The summed E-state index contributed by atoms with van der Waals surface area (Å²) in [7, 11) is 0. The number of para-hydroxylation sites is 1. The van der Waals surface area contributed by atoms with E-state index in [4.69, 9.17) is 10.5 Å². The molecule has 0 bridgehead atoms. The van der Waals surface area contributed by atoms with Gasteiger partial charge in [-0.05, 0) is 60.2 Å². The molecule has 0 atom stereocenters. The van der Waals surface area contributed by atoms with Gasteiger partial charge in [-0.15, -0.1) is 11.3 Å². The number of benzene rings is 2. The third-order valence-electron chi connectivity index (χ3n) is 7.12. The zero-order valence-corrected chi connectivity index (χ0v) is 20.1. The van der Waals surface area contributed by atoms with E-state index >= 15 is 0 Å². The first-order valence-electron chi connectivity index (χ1n) is 11.8. The second-order valence-corrected chi connectivity index (χ2v) is 10.1. The Bertz CT molecular complexity index is 1360. The molecule has 0 aliphatic carbocycles. The van der Waals surface area contributed by atoms with Crippen LogP contribution in [0.25, 0.3) is 10.4 Å². The van der Waals surface area contributed by atoms with Gasteiger partial charge in [0.2, 0.25) is 0 Å². The number of thiophene rings is 1. The highest BCUT2D eigenvalue weighted by molar-refractivity contribution is 7.13. The van der Waals surface area contributed by atoms with Crippen LogP contribution in [-0.2, 0) is 5.41 Å². The van der Waals surface area contributed by atoms with Crippen molar-refractivity contribution in [2.24, 2.45) is 0 Å². The van der Waals surface area contributed by atoms with Gasteiger partial charge in [0.15, 0.2) is 0 Å². The fourth-order valence-electron chi connectivity index (χ4n) is 5.06. The molecule has 0 saturated carbocycles. The summed E-state index contributed by atoms with van der Waals surface area (Å²) in [6.07, 6.45) is 3.68. The van der Waals surface area contributed by atoms with Crippen molar-refractivity contribution in [2.45, 2.75) is 18.3 Å². The van der Waals surface area contributed by atoms with Crippen molar-refractivity contribution >= 4 is 34.4 Å². The van der Waals surface area contributed by atoms with Gasteiger partial charge in [0.1, 0.15) is 11.6 Å². The Hall–Kier alpha value is -3.84. The number of nitrogens with one attached hydrogen (secondary N) is 1. The van der Waals surface area contributed by atoms with Crippen LogP contribution in [0.15, 0.2) is 78.3 Å². The molecule has 2 aliphatic heterocycles. The highest BCUT2D eigenvalue weighted by Gasteiger charge is 2.43. The smallest absolute Gasteiger partial charge is 0.257 e. The summed E-state index contributed by atoms with van der Waals surface area (Å²) in [6.45, 7) is 2.56. The number of ether oxygens (including phenoxy) is 1. The molecule has 6 rings (SSSR count). The molecule has 35 heavy (non-hydrogen) atoms. The molecule has 7 heteroatoms. The van der Waals surface area contributed by atoms with Crippen molar-refractivity contribution in [3.8, 4) is 16.2 Å². The van der Waals surface area contributed by atoms with Crippen molar-refractivity contribution in [2.75, 3.05) is 35.6 Å². The van der Waals surface area contributed by atoms with E-state index in [-0.39, 0.29) is 11.3 Å². The second kappa shape index (κ2) is 8.74. The van der Waals surface area contributed by atoms with Crippen LogP contribution in [0.1, 0.15) is 28.8 Å². The number of rotatable bonds is 4. The number of nitrogens with two attached hydrogens (primary N) is 1. The van der Waals surface area contributed by atoms with Gasteiger partial charge in [-0.25, -0.2) is 4.98 Å². The maximum atomic E-state index is 12.9. The van der Waals surface area contributed by atoms with Crippen LogP contribution >= 0.6 is 11.3 Å². The van der Waals surface area contributed by atoms with Crippen LogP contribution in [0.3, 0.4) is 0 Å². The topological polar surface area (TPSA) is 80.5 Å². The Kier molecular flexibility index (Phi) is 5.41. The Morgan fingerprint density at radius 2 is 1.91 bits per heavy atom. The summed E-state index contributed by atoms with van der Waals surface area (Å²) in [5.41, 5.74) is 10.2. The largest absolute Gasteiger partial charge is 0.492 e. The summed E-state index contributed by atoms with van der Waals surface area (Å²) in [4.78, 5) is 20.9. The molecule has 4 aromatic rings. The minimum atomic E-state index is -0.226. The summed E-state index contributed by atoms with van der Waals surface area (Å²) in [5, 5.41) is 4.97. The first kappa shape index (κ1) is 21.7. The van der Waals surface area contributed by atoms with E-state index in [9.17, 15) is 4.79 Å². The number of anilines is 3. The highest BCUT2D eigenvalue weighted by Crippen LogP contribution is 2.45. The highest BCUT2D eigenvalue weighted by atomic mass is 32.1. The molecule has 4 heterocycles. The summed E-state index contributed by atoms with van der Waals surface area (Å²) in [6, 6.07) is 21.9. The predicted octanol–water partition coefficient (Wildman–Crippen LogP) is 5.58. The maximum absolute atomic E-state index is 12.9. The zero-order chi connectivity index (χ0) is 23.8. The molecule has 1 amide bonds. The van der Waals surface area contributed by atoms with Crippen molar-refractivity contribution in [1.29, 1.82) is 0 Å². The van der Waals surface area contributed by atoms with Crippen molar-refractivity contribution in [3.05, 3.63) is 89.4 Å². The van der Waals surface area contributed by atoms with E-state index < -0.39 is 0 Å². The second-order valence-electron chi connectivity index (χ2n) is 9.19. The Morgan fingerprint density at radius 3 is 2.69 bits per heavy atom. The van der Waals surface area contributed by atoms with Crippen LogP contribution < -0.4 is 20.7 Å². The molecule has 2 aromatic heterocycles. The number of nitrogen functional groups attached to an aromatic ring is 1. The molecule has 0 unspecified atom stereocenters. The Morgan fingerprint density at radius 1 is 1.06 bits per heavy atom. The first-order valence-corrected chi connectivity index (χ1v) is 12.7. The molecule has 176 valence electrons. The molecule has 1 saturated heterocycles. The molecule has 1 fully saturated rings. The fraction of sp³-hybridized carbons (Fsp3) is 0.214. The van der Waals surface area contributed by atoms with Gasteiger partial charge in [0, 0.05) is 35.1 Å². The van der Waals surface area contributed by atoms with Crippen LogP contribution in [0.4, 0.5) is 17.2 Å². The van der Waals surface area contributed by atoms with Gasteiger partial charge < -0.3 is 20.7 Å². The van der Waals surface area contributed by atoms with Crippen molar-refractivity contribution in [1.82, 2.24) is 4.98 Å². The Labute approximate surface area is 208 Å². The third-order valence-corrected chi connectivity index (χ3v) is 8.04. The van der Waals surface area contributed by atoms with Crippen LogP contribution in [0.2, 0.25) is 0 Å². The number of carbonyl (C=O) groups is 1. The Balaban J connectivity index is 1.12. The van der Waals surface area contributed by atoms with E-state index in [1.807, 2.05) is 53.9 Å². The monoisotopic (exact) mass is 482 g/mol. The first-order chi connectivity index (χ1) is 17.1. The van der Waals surface area contributed by atoms with Gasteiger partial charge in [-0.1, -0.05) is 30.3 Å². The van der Waals surface area contributed by atoms with E-state index in [2.05, 4.69) is 33.4 Å². The minimum absolute atomic E-state index is 0.102. The number of pyridine rings is 1. The number of hydrogen-bond donors (Lipinski definition) is 2. The quantitative estimate of drug-likeness (QED) is 0.372. The lowest BCUT2D eigenvalue weighted by molar-refractivity contribution is 0.102. The molecule has 1 spiro atoms. The molecular formula is C28H26N4O2S. The van der Waals surface area contributed by atoms with E-state index in [0.29, 0.717) is 16.9 Å². The SMILES string of the molecule is Nc1ccc(-c2cccs2)cc1NC(=O)c1ccc(N2CCC3(CC2)COc2ccccc23)nc1. The molecule has 3 N–H and O–H groups in total. The molecular weight excluding hydrogens is 456 g/mol. The van der Waals surface area contributed by atoms with Gasteiger partial charge in [0.05, 0.1) is 23.5 Å². The third kappa shape index (κ3) is 4.02. The molecule has 6 nitrogen and oxygen atoms in total. The van der Waals surface area contributed by atoms with E-state index in [0.717, 1.165) is 54.5 Å². The van der Waals surface area contributed by atoms with Gasteiger partial charge in [0.25, 0.3) is 5.91 Å². The average Bonchev–Trinajstić information content (AvgIpc) is 3.56. The lowest BCUT2D eigenvalue weighted by Crippen LogP contribution is -2.44. The van der Waals surface area contributed by atoms with Gasteiger partial charge in [-0.3, -0.25) is 4.79 Å². The number of hydrogen-bond acceptors (Lipinski definition) is 6. The van der Waals surface area contributed by atoms with Crippen molar-refractivity contribution in [3.63, 3.8) is 0 Å². The van der Waals surface area contributed by atoms with E-state index in [1.165, 1.54) is 5.56 Å². The number of carbonyl (C=O) groups excluding carboxylic acids is 1. The predicted molar refractivity (Wildman–Crippen MR) is 141 cm³/mol. The summed E-state index contributed by atoms with van der Waals surface area (Å²) in [5.74, 6) is 1.69. The number of nitrogens with zero attached hydrogens (tertiary/aromatic N) is 2. The lowest BCUT2D eigenvalue weighted by Gasteiger charge is -2.39. The zero-order valence-electron chi connectivity index (χ0n) is 19.2. The molecule has 2 aromatic carbocycles. The number of aromatic nitrogens is 1. The normalized spacial score (nSPS) is 16.1. The lowest BCUT2D eigenvalue weighted by atomic mass is 9.74. The summed E-state index contributed by atoms with van der Waals surface area (Å²) < 4.78 is 5.97. The standard InChI is InChI=1S/C28H26N4O2S/c29-22-9-7-19(25-6-3-15-35-25)16-23(22)31-27(33)20-8-10-26(30-17-20)32-13-11-28(12-14-32)18-34-24-5-2-1-4-21(24)28/h1-10,15-17H,11-14,18,29H2,(H,31,33). The number of amides is 1. The molecule has 0 radical (unpaired) electrons. The minimum Gasteiger partial charge on any atom is -0.492 e. The fourth-order valence-corrected chi connectivity index (χ4v) is 5.79. The van der Waals surface area contributed by atoms with Gasteiger partial charge in [-0.2, -0.15) is 0 Å². The van der Waals surface area contributed by atoms with Crippen LogP contribution in [0.5, 0.6) is 5.75 Å². The maximum Gasteiger partial charge on any atom is 0.257 e. The summed E-state index contributed by atoms with van der Waals surface area (Å²) >= 11 is 1.65. The number of fused-ring (bicyclic) bond motifs is 2. The molecule has 2 aliphatic rings. The van der Waals surface area contributed by atoms with Crippen LogP contribution in [-0.4, -0.2) is 30.6 Å². The average molecular weight is 483 g/mol. The van der Waals surface area contributed by atoms with Crippen LogP contribution in [0, 0.1) is 0 Å². The van der Waals surface area contributed by atoms with Gasteiger partial charge >= 0.3 is 0 Å². The van der Waals surface area contributed by atoms with E-state index in [1.54, 1.807) is 17.5 Å². The number of piperidine rings is 1.